The lowest BCUT2D eigenvalue weighted by Crippen LogP contribution is -2.23. The van der Waals surface area contributed by atoms with Crippen molar-refractivity contribution in [2.75, 3.05) is 0 Å². The first-order valence-corrected chi connectivity index (χ1v) is 7.44. The predicted octanol–water partition coefficient (Wildman–Crippen LogP) is 4.20. The third kappa shape index (κ3) is 2.42. The third-order valence-corrected chi connectivity index (χ3v) is 3.96. The van der Waals surface area contributed by atoms with E-state index in [2.05, 4.69) is 35.3 Å². The monoisotopic (exact) mass is 298 g/mol. The molecule has 23 heavy (non-hydrogen) atoms. The molecule has 110 valence electrons. The van der Waals surface area contributed by atoms with Gasteiger partial charge in [-0.2, -0.15) is 4.73 Å². The minimum absolute atomic E-state index is 0.834. The van der Waals surface area contributed by atoms with Crippen LogP contribution in [0.4, 0.5) is 0 Å². The molecule has 0 saturated carbocycles. The molecule has 0 fully saturated rings. The second-order valence-electron chi connectivity index (χ2n) is 5.40. The zero-order valence-electron chi connectivity index (χ0n) is 12.4. The SMILES string of the molecule is [O-][n+]1cccc(-c2cccc3cccc(-c4cccnc4)c23)c1. The van der Waals surface area contributed by atoms with Gasteiger partial charge < -0.3 is 5.21 Å². The van der Waals surface area contributed by atoms with E-state index in [0.29, 0.717) is 0 Å². The van der Waals surface area contributed by atoms with Crippen molar-refractivity contribution < 1.29 is 4.73 Å². The molecule has 0 spiro atoms. The van der Waals surface area contributed by atoms with Gasteiger partial charge in [-0.15, -0.1) is 0 Å². The van der Waals surface area contributed by atoms with Crippen molar-refractivity contribution in [2.24, 2.45) is 0 Å². The van der Waals surface area contributed by atoms with Gasteiger partial charge in [0, 0.05) is 29.6 Å². The molecule has 0 radical (unpaired) electrons. The minimum Gasteiger partial charge on any atom is -0.619 e. The Labute approximate surface area is 134 Å². The molecule has 3 nitrogen and oxygen atoms in total. The Morgan fingerprint density at radius 2 is 1.52 bits per heavy atom. The fourth-order valence-corrected chi connectivity index (χ4v) is 2.96. The van der Waals surface area contributed by atoms with Gasteiger partial charge in [0.1, 0.15) is 0 Å². The fraction of sp³-hybridized carbons (Fsp3) is 0. The first-order chi connectivity index (χ1) is 11.3. The summed E-state index contributed by atoms with van der Waals surface area (Å²) in [5, 5.41) is 13.9. The summed E-state index contributed by atoms with van der Waals surface area (Å²) in [7, 11) is 0. The quantitative estimate of drug-likeness (QED) is 0.411. The van der Waals surface area contributed by atoms with Crippen LogP contribution >= 0.6 is 0 Å². The van der Waals surface area contributed by atoms with Crippen molar-refractivity contribution in [1.29, 1.82) is 0 Å². The van der Waals surface area contributed by atoms with Crippen LogP contribution in [0, 0.1) is 5.21 Å². The van der Waals surface area contributed by atoms with Gasteiger partial charge in [-0.25, -0.2) is 0 Å². The molecule has 0 saturated heterocycles. The maximum absolute atomic E-state index is 11.7. The summed E-state index contributed by atoms with van der Waals surface area (Å²) >= 11 is 0. The highest BCUT2D eigenvalue weighted by atomic mass is 16.5. The maximum atomic E-state index is 11.7. The molecule has 3 heteroatoms. The van der Waals surface area contributed by atoms with Gasteiger partial charge in [-0.05, 0) is 34.0 Å². The highest BCUT2D eigenvalue weighted by molar-refractivity contribution is 6.06. The summed E-state index contributed by atoms with van der Waals surface area (Å²) in [5.41, 5.74) is 4.14. The number of hydrogen-bond acceptors (Lipinski definition) is 2. The molecule has 2 aromatic carbocycles. The van der Waals surface area contributed by atoms with Crippen molar-refractivity contribution in [3.8, 4) is 22.3 Å². The molecule has 2 heterocycles. The van der Waals surface area contributed by atoms with E-state index in [0.717, 1.165) is 37.8 Å². The summed E-state index contributed by atoms with van der Waals surface area (Å²) in [6.45, 7) is 0. The first-order valence-electron chi connectivity index (χ1n) is 7.44. The molecule has 0 aliphatic heterocycles. The Morgan fingerprint density at radius 1 is 0.783 bits per heavy atom. The molecule has 4 aromatic rings. The lowest BCUT2D eigenvalue weighted by molar-refractivity contribution is -0.604. The smallest absolute Gasteiger partial charge is 0.188 e. The van der Waals surface area contributed by atoms with Crippen LogP contribution in [-0.4, -0.2) is 4.98 Å². The molecule has 0 bridgehead atoms. The molecular formula is C20H14N2O. The molecule has 0 aliphatic carbocycles. The number of aromatic nitrogens is 2. The Bertz CT molecular complexity index is 976. The van der Waals surface area contributed by atoms with Crippen LogP contribution in [-0.2, 0) is 0 Å². The van der Waals surface area contributed by atoms with Gasteiger partial charge in [-0.1, -0.05) is 42.5 Å². The zero-order valence-corrected chi connectivity index (χ0v) is 12.4. The van der Waals surface area contributed by atoms with Gasteiger partial charge >= 0.3 is 0 Å². The summed E-state index contributed by atoms with van der Waals surface area (Å²) < 4.78 is 0.834. The van der Waals surface area contributed by atoms with Crippen LogP contribution < -0.4 is 4.73 Å². The van der Waals surface area contributed by atoms with Crippen molar-refractivity contribution in [2.45, 2.75) is 0 Å². The molecule has 4 rings (SSSR count). The summed E-state index contributed by atoms with van der Waals surface area (Å²) in [6, 6.07) is 20.1. The van der Waals surface area contributed by atoms with Crippen LogP contribution in [0.5, 0.6) is 0 Å². The van der Waals surface area contributed by atoms with E-state index in [4.69, 9.17) is 0 Å². The van der Waals surface area contributed by atoms with Crippen molar-refractivity contribution >= 4 is 10.8 Å². The lowest BCUT2D eigenvalue weighted by Gasteiger charge is -2.11. The number of hydrogen-bond donors (Lipinski definition) is 0. The Balaban J connectivity index is 2.06. The van der Waals surface area contributed by atoms with E-state index < -0.39 is 0 Å². The van der Waals surface area contributed by atoms with Crippen LogP contribution in [0.15, 0.2) is 85.5 Å². The maximum Gasteiger partial charge on any atom is 0.188 e. The lowest BCUT2D eigenvalue weighted by atomic mass is 9.93. The molecule has 0 unspecified atom stereocenters. The molecule has 0 aliphatic rings. The van der Waals surface area contributed by atoms with Gasteiger partial charge in [0.2, 0.25) is 0 Å². The van der Waals surface area contributed by atoms with Gasteiger partial charge in [0.05, 0.1) is 0 Å². The molecule has 0 atom stereocenters. The van der Waals surface area contributed by atoms with E-state index >= 15 is 0 Å². The number of fused-ring (bicyclic) bond motifs is 1. The van der Waals surface area contributed by atoms with Crippen LogP contribution in [0.1, 0.15) is 0 Å². The van der Waals surface area contributed by atoms with E-state index in [-0.39, 0.29) is 0 Å². The van der Waals surface area contributed by atoms with E-state index in [1.807, 2.05) is 30.5 Å². The van der Waals surface area contributed by atoms with Gasteiger partial charge in [-0.3, -0.25) is 4.98 Å². The molecule has 0 amide bonds. The second kappa shape index (κ2) is 5.54. The Hall–Kier alpha value is -3.20. The number of pyridine rings is 2. The zero-order chi connectivity index (χ0) is 15.6. The van der Waals surface area contributed by atoms with Crippen molar-refractivity contribution in [1.82, 2.24) is 4.98 Å². The molecular weight excluding hydrogens is 284 g/mol. The normalized spacial score (nSPS) is 10.8. The van der Waals surface area contributed by atoms with Gasteiger partial charge in [0.15, 0.2) is 12.4 Å². The van der Waals surface area contributed by atoms with Crippen LogP contribution in [0.3, 0.4) is 0 Å². The van der Waals surface area contributed by atoms with Crippen LogP contribution in [0.2, 0.25) is 0 Å². The second-order valence-corrected chi connectivity index (χ2v) is 5.40. The van der Waals surface area contributed by atoms with Crippen molar-refractivity contribution in [3.05, 3.63) is 90.7 Å². The van der Waals surface area contributed by atoms with E-state index in [9.17, 15) is 5.21 Å². The fourth-order valence-electron chi connectivity index (χ4n) is 2.96. The average molecular weight is 298 g/mol. The Morgan fingerprint density at radius 3 is 2.22 bits per heavy atom. The summed E-state index contributed by atoms with van der Waals surface area (Å²) in [5.74, 6) is 0. The Kier molecular flexibility index (Phi) is 3.24. The number of nitrogens with zero attached hydrogens (tertiary/aromatic N) is 2. The standard InChI is InChI=1S/C20H14N2O/c23-22-12-4-8-17(14-22)19-10-2-6-15-5-1-9-18(20(15)19)16-7-3-11-21-13-16/h1-14H. The third-order valence-electron chi connectivity index (χ3n) is 3.96. The van der Waals surface area contributed by atoms with Crippen molar-refractivity contribution in [3.63, 3.8) is 0 Å². The van der Waals surface area contributed by atoms with Crippen LogP contribution in [0.25, 0.3) is 33.0 Å². The highest BCUT2D eigenvalue weighted by Crippen LogP contribution is 2.35. The summed E-state index contributed by atoms with van der Waals surface area (Å²) in [6.07, 6.45) is 6.74. The number of rotatable bonds is 2. The molecule has 0 N–H and O–H groups in total. The summed E-state index contributed by atoms with van der Waals surface area (Å²) in [4.78, 5) is 4.23. The van der Waals surface area contributed by atoms with Gasteiger partial charge in [0.25, 0.3) is 0 Å². The highest BCUT2D eigenvalue weighted by Gasteiger charge is 2.11. The minimum atomic E-state index is 0.834. The first kappa shape index (κ1) is 13.5. The largest absolute Gasteiger partial charge is 0.619 e. The van der Waals surface area contributed by atoms with E-state index in [1.54, 1.807) is 18.5 Å². The molecule has 2 aromatic heterocycles. The number of benzene rings is 2. The van der Waals surface area contributed by atoms with E-state index in [1.165, 1.54) is 6.20 Å². The average Bonchev–Trinajstić information content (AvgIpc) is 2.61. The topological polar surface area (TPSA) is 39.8 Å². The predicted molar refractivity (Wildman–Crippen MR) is 91.6 cm³/mol.